The van der Waals surface area contributed by atoms with E-state index in [0.717, 1.165) is 45.4 Å². The highest BCUT2D eigenvalue weighted by Gasteiger charge is 2.32. The summed E-state index contributed by atoms with van der Waals surface area (Å²) < 4.78 is 6.32. The molecule has 0 aromatic carbocycles. The van der Waals surface area contributed by atoms with Gasteiger partial charge in [-0.15, -0.1) is 11.3 Å². The summed E-state index contributed by atoms with van der Waals surface area (Å²) in [6, 6.07) is 0. The van der Waals surface area contributed by atoms with Crippen LogP contribution < -0.4 is 4.90 Å². The second kappa shape index (κ2) is 8.52. The fourth-order valence-corrected chi connectivity index (χ4v) is 5.73. The van der Waals surface area contributed by atoms with Gasteiger partial charge in [0, 0.05) is 59.1 Å². The van der Waals surface area contributed by atoms with Gasteiger partial charge < -0.3 is 9.64 Å². The van der Waals surface area contributed by atoms with Crippen LogP contribution in [0.2, 0.25) is 0 Å². The van der Waals surface area contributed by atoms with Gasteiger partial charge in [-0.05, 0) is 65.9 Å². The quantitative estimate of drug-likeness (QED) is 0.513. The van der Waals surface area contributed by atoms with Crippen molar-refractivity contribution < 1.29 is 9.53 Å². The molecule has 0 spiro atoms. The van der Waals surface area contributed by atoms with Crippen LogP contribution in [0, 0.1) is 6.92 Å². The molecule has 6 nitrogen and oxygen atoms in total. The highest BCUT2D eigenvalue weighted by Crippen LogP contribution is 2.45. The van der Waals surface area contributed by atoms with Crippen LogP contribution in [0.1, 0.15) is 68.3 Å². The second-order valence-electron chi connectivity index (χ2n) is 9.76. The van der Waals surface area contributed by atoms with Gasteiger partial charge in [-0.25, -0.2) is 15.0 Å². The number of Topliss-reactive ketones (excluding diaryl/α,β-unsaturated/α-hetero) is 1. The number of aryl methyl sites for hydroxylation is 3. The summed E-state index contributed by atoms with van der Waals surface area (Å²) >= 11 is 1.79. The van der Waals surface area contributed by atoms with Crippen LogP contribution in [0.3, 0.4) is 0 Å². The van der Waals surface area contributed by atoms with E-state index in [1.54, 1.807) is 18.3 Å². The highest BCUT2D eigenvalue weighted by atomic mass is 32.1. The third kappa shape index (κ3) is 4.28. The molecule has 170 valence electrons. The topological polar surface area (TPSA) is 68.2 Å². The van der Waals surface area contributed by atoms with E-state index < -0.39 is 11.7 Å². The molecule has 1 atom stereocenters. The zero-order chi connectivity index (χ0) is 23.2. The molecular weight excluding hydrogens is 420 g/mol. The van der Waals surface area contributed by atoms with E-state index >= 15 is 0 Å². The van der Waals surface area contributed by atoms with Gasteiger partial charge in [0.25, 0.3) is 0 Å². The van der Waals surface area contributed by atoms with Gasteiger partial charge in [-0.3, -0.25) is 4.79 Å². The third-order valence-corrected chi connectivity index (χ3v) is 6.95. The first-order valence-electron chi connectivity index (χ1n) is 11.2. The van der Waals surface area contributed by atoms with Crippen LogP contribution in [0.25, 0.3) is 21.3 Å². The lowest BCUT2D eigenvalue weighted by Crippen LogP contribution is -2.27. The van der Waals surface area contributed by atoms with E-state index in [1.807, 2.05) is 59.1 Å². The van der Waals surface area contributed by atoms with Crippen molar-refractivity contribution in [1.29, 1.82) is 0 Å². The van der Waals surface area contributed by atoms with Crippen molar-refractivity contribution in [2.45, 2.75) is 72.0 Å². The molecule has 32 heavy (non-hydrogen) atoms. The van der Waals surface area contributed by atoms with E-state index in [0.29, 0.717) is 5.95 Å². The molecule has 7 heteroatoms. The summed E-state index contributed by atoms with van der Waals surface area (Å²) in [6.45, 7) is 9.51. The first kappa shape index (κ1) is 22.8. The van der Waals surface area contributed by atoms with Crippen molar-refractivity contribution in [1.82, 2.24) is 15.0 Å². The number of nitrogens with zero attached hydrogens (tertiary/aromatic N) is 4. The normalized spacial score (nSPS) is 15.0. The van der Waals surface area contributed by atoms with Crippen LogP contribution >= 0.6 is 11.3 Å². The van der Waals surface area contributed by atoms with E-state index in [2.05, 4.69) is 9.97 Å². The Hall–Kier alpha value is -2.38. The number of fused-ring (bicyclic) bond motifs is 3. The van der Waals surface area contributed by atoms with Crippen molar-refractivity contribution in [2.24, 2.45) is 0 Å². The van der Waals surface area contributed by atoms with Gasteiger partial charge in [-0.1, -0.05) is 0 Å². The minimum Gasteiger partial charge on any atom is -0.360 e. The number of anilines is 1. The Bertz CT molecular complexity index is 1160. The van der Waals surface area contributed by atoms with Crippen molar-refractivity contribution >= 4 is 33.3 Å². The van der Waals surface area contributed by atoms with E-state index in [9.17, 15) is 4.79 Å². The van der Waals surface area contributed by atoms with Crippen molar-refractivity contribution in [3.63, 3.8) is 0 Å². The number of hydrogen-bond acceptors (Lipinski definition) is 7. The highest BCUT2D eigenvalue weighted by molar-refractivity contribution is 7.19. The van der Waals surface area contributed by atoms with Crippen LogP contribution in [0.15, 0.2) is 12.4 Å². The maximum absolute atomic E-state index is 12.9. The summed E-state index contributed by atoms with van der Waals surface area (Å²) in [6.07, 6.45) is 7.54. The molecule has 0 N–H and O–H groups in total. The SMILES string of the molecule is CC(=O)C(OC(C)(C)C)c1c(C)nc2sc3c(c2c1-c1cnc(N(C)C)nc1)CCCC3. The predicted molar refractivity (Wildman–Crippen MR) is 131 cm³/mol. The van der Waals surface area contributed by atoms with E-state index in [4.69, 9.17) is 9.72 Å². The fourth-order valence-electron chi connectivity index (χ4n) is 4.42. The van der Waals surface area contributed by atoms with Gasteiger partial charge in [-0.2, -0.15) is 0 Å². The predicted octanol–water partition coefficient (Wildman–Crippen LogP) is 5.45. The Labute approximate surface area is 194 Å². The Balaban J connectivity index is 2.05. The number of ketones is 1. The van der Waals surface area contributed by atoms with Crippen LogP contribution in [-0.4, -0.2) is 40.4 Å². The Morgan fingerprint density at radius 1 is 1.16 bits per heavy atom. The second-order valence-corrected chi connectivity index (χ2v) is 10.8. The lowest BCUT2D eigenvalue weighted by molar-refractivity contribution is -0.138. The summed E-state index contributed by atoms with van der Waals surface area (Å²) in [5, 5.41) is 1.15. The van der Waals surface area contributed by atoms with Gasteiger partial charge in [0.15, 0.2) is 5.78 Å². The van der Waals surface area contributed by atoms with Gasteiger partial charge >= 0.3 is 0 Å². The maximum atomic E-state index is 12.9. The molecule has 0 radical (unpaired) electrons. The first-order valence-corrected chi connectivity index (χ1v) is 12.0. The number of hydrogen-bond donors (Lipinski definition) is 0. The number of ether oxygens (including phenoxy) is 1. The van der Waals surface area contributed by atoms with Crippen molar-refractivity contribution in [2.75, 3.05) is 19.0 Å². The molecule has 3 aromatic rings. The summed E-state index contributed by atoms with van der Waals surface area (Å²) in [7, 11) is 3.85. The molecule has 1 aliphatic rings. The number of rotatable bonds is 5. The molecule has 0 saturated carbocycles. The number of aromatic nitrogens is 3. The standard InChI is InChI=1S/C25H32N4O2S/c1-14-19(22(15(2)30)31-25(3,4)5)20(16-12-26-24(27-13-16)29(6)7)21-17-10-8-9-11-18(17)32-23(21)28-14/h12-13,22H,8-11H2,1-7H3. The minimum atomic E-state index is -0.699. The fraction of sp³-hybridized carbons (Fsp3) is 0.520. The smallest absolute Gasteiger partial charge is 0.224 e. The Morgan fingerprint density at radius 2 is 1.81 bits per heavy atom. The van der Waals surface area contributed by atoms with Crippen LogP contribution in [0.4, 0.5) is 5.95 Å². The number of thiophene rings is 1. The maximum Gasteiger partial charge on any atom is 0.224 e. The molecule has 0 aliphatic heterocycles. The van der Waals surface area contributed by atoms with Crippen LogP contribution in [-0.2, 0) is 22.4 Å². The number of carbonyl (C=O) groups is 1. The Kier molecular flexibility index (Phi) is 6.07. The van der Waals surface area contributed by atoms with E-state index in [1.165, 1.54) is 23.3 Å². The molecule has 0 bridgehead atoms. The largest absolute Gasteiger partial charge is 0.360 e. The van der Waals surface area contributed by atoms with Crippen molar-refractivity contribution in [3.8, 4) is 11.1 Å². The van der Waals surface area contributed by atoms with Crippen molar-refractivity contribution in [3.05, 3.63) is 34.1 Å². The lowest BCUT2D eigenvalue weighted by Gasteiger charge is -2.29. The molecule has 4 rings (SSSR count). The minimum absolute atomic E-state index is 0.0275. The molecule has 3 heterocycles. The molecule has 1 aliphatic carbocycles. The molecular formula is C25H32N4O2S. The molecule has 0 fully saturated rings. The van der Waals surface area contributed by atoms with E-state index in [-0.39, 0.29) is 5.78 Å². The summed E-state index contributed by atoms with van der Waals surface area (Å²) in [4.78, 5) is 31.3. The molecule has 0 amide bonds. The van der Waals surface area contributed by atoms with Gasteiger partial charge in [0.2, 0.25) is 5.95 Å². The monoisotopic (exact) mass is 452 g/mol. The average Bonchev–Trinajstić information content (AvgIpc) is 3.08. The zero-order valence-corrected chi connectivity index (χ0v) is 20.9. The molecule has 0 saturated heterocycles. The summed E-state index contributed by atoms with van der Waals surface area (Å²) in [5.74, 6) is 0.624. The van der Waals surface area contributed by atoms with Crippen LogP contribution in [0.5, 0.6) is 0 Å². The molecule has 3 aromatic heterocycles. The zero-order valence-electron chi connectivity index (χ0n) is 20.1. The number of pyridine rings is 1. The van der Waals surface area contributed by atoms with Gasteiger partial charge in [0.1, 0.15) is 10.9 Å². The summed E-state index contributed by atoms with van der Waals surface area (Å²) in [5.41, 5.74) is 4.46. The first-order chi connectivity index (χ1) is 15.1. The van der Waals surface area contributed by atoms with Gasteiger partial charge in [0.05, 0.1) is 5.60 Å². The lowest BCUT2D eigenvalue weighted by atomic mass is 9.88. The number of carbonyl (C=O) groups excluding carboxylic acids is 1. The average molecular weight is 453 g/mol. The molecule has 1 unspecified atom stereocenters. The Morgan fingerprint density at radius 3 is 2.41 bits per heavy atom. The third-order valence-electron chi connectivity index (χ3n) is 5.76.